The van der Waals surface area contributed by atoms with Crippen LogP contribution < -0.4 is 10.6 Å². The summed E-state index contributed by atoms with van der Waals surface area (Å²) in [6, 6.07) is 38.6. The largest absolute Gasteiger partial charge is 0.352 e. The summed E-state index contributed by atoms with van der Waals surface area (Å²) >= 11 is 0. The van der Waals surface area contributed by atoms with E-state index in [9.17, 15) is 19.2 Å². The van der Waals surface area contributed by atoms with E-state index in [1.165, 1.54) is 12.2 Å². The van der Waals surface area contributed by atoms with Gasteiger partial charge < -0.3 is 20.4 Å². The maximum absolute atomic E-state index is 13.3. The Bertz CT molecular complexity index is 1700. The van der Waals surface area contributed by atoms with E-state index < -0.39 is 0 Å². The Kier molecular flexibility index (Phi) is 18.0. The molecule has 0 aliphatic rings. The van der Waals surface area contributed by atoms with Crippen molar-refractivity contribution >= 4 is 47.9 Å². The van der Waals surface area contributed by atoms with Gasteiger partial charge in [0.1, 0.15) is 0 Å². The van der Waals surface area contributed by atoms with Gasteiger partial charge in [0.2, 0.25) is 23.6 Å². The molecule has 0 heterocycles. The van der Waals surface area contributed by atoms with Crippen molar-refractivity contribution in [3.8, 4) is 0 Å². The Morgan fingerprint density at radius 3 is 0.981 bits per heavy atom. The fourth-order valence-corrected chi connectivity index (χ4v) is 5.50. The lowest BCUT2D eigenvalue weighted by atomic mass is 10.2. The van der Waals surface area contributed by atoms with Crippen LogP contribution in [0, 0.1) is 0 Å². The minimum Gasteiger partial charge on any atom is -0.352 e. The first-order chi connectivity index (χ1) is 26.5. The fourth-order valence-electron chi connectivity index (χ4n) is 5.50. The van der Waals surface area contributed by atoms with Gasteiger partial charge in [-0.05, 0) is 72.2 Å². The average molecular weight is 723 g/mol. The summed E-state index contributed by atoms with van der Waals surface area (Å²) in [7, 11) is 0. The number of hydrogen-bond acceptors (Lipinski definition) is 4. The normalized spacial score (nSPS) is 11.3. The third-order valence-electron chi connectivity index (χ3n) is 8.43. The van der Waals surface area contributed by atoms with Crippen molar-refractivity contribution < 1.29 is 19.2 Å². The third kappa shape index (κ3) is 16.4. The standard InChI is InChI=1S/C46H50N4O4/c51-43(29-25-39-17-5-1-6-18-39)47-33-15-37-49(45(53)31-27-41-21-9-3-10-22-41)35-13-14-36-50(46(54)32-28-42-23-11-4-12-24-42)38-16-34-48-44(52)30-26-40-19-7-2-8-20-40/h1-12,17-32H,13-16,33-38H2,(H,47,51)(H,48,52)/b29-25+,30-26+,31-27+,32-28+. The minimum absolute atomic E-state index is 0.107. The number of nitrogens with zero attached hydrogens (tertiary/aromatic N) is 2. The number of benzene rings is 4. The number of carbonyl (C=O) groups excluding carboxylic acids is 4. The lowest BCUT2D eigenvalue weighted by molar-refractivity contribution is -0.127. The van der Waals surface area contributed by atoms with Crippen LogP contribution in [0.2, 0.25) is 0 Å². The van der Waals surface area contributed by atoms with Gasteiger partial charge in [0.25, 0.3) is 0 Å². The quantitative estimate of drug-likeness (QED) is 0.0698. The van der Waals surface area contributed by atoms with E-state index in [1.54, 1.807) is 46.3 Å². The van der Waals surface area contributed by atoms with Crippen molar-refractivity contribution in [3.63, 3.8) is 0 Å². The topological polar surface area (TPSA) is 98.8 Å². The van der Waals surface area contributed by atoms with Crippen LogP contribution in [0.5, 0.6) is 0 Å². The molecule has 278 valence electrons. The minimum atomic E-state index is -0.185. The molecule has 54 heavy (non-hydrogen) atoms. The summed E-state index contributed by atoms with van der Waals surface area (Å²) in [6.45, 7) is 2.82. The van der Waals surface area contributed by atoms with Crippen LogP contribution in [0.1, 0.15) is 47.9 Å². The van der Waals surface area contributed by atoms with Gasteiger partial charge in [0, 0.05) is 63.6 Å². The number of rotatable bonds is 21. The van der Waals surface area contributed by atoms with Crippen LogP contribution >= 0.6 is 0 Å². The molecule has 8 nitrogen and oxygen atoms in total. The summed E-state index contributed by atoms with van der Waals surface area (Å²) < 4.78 is 0. The summed E-state index contributed by atoms with van der Waals surface area (Å²) in [6.07, 6.45) is 15.9. The molecule has 0 atom stereocenters. The first-order valence-corrected chi connectivity index (χ1v) is 18.5. The first kappa shape index (κ1) is 40.5. The van der Waals surface area contributed by atoms with E-state index in [4.69, 9.17) is 0 Å². The molecule has 0 radical (unpaired) electrons. The first-order valence-electron chi connectivity index (χ1n) is 18.5. The zero-order valence-electron chi connectivity index (χ0n) is 30.8. The SMILES string of the molecule is O=C(/C=C/c1ccccc1)NCCCN(CCCCN(CCCNC(=O)/C=C/c1ccccc1)C(=O)/C=C/c1ccccc1)C(=O)/C=C/c1ccccc1. The van der Waals surface area contributed by atoms with Crippen molar-refractivity contribution in [3.05, 3.63) is 168 Å². The molecule has 0 aliphatic carbocycles. The van der Waals surface area contributed by atoms with Crippen LogP contribution in [0.3, 0.4) is 0 Å². The van der Waals surface area contributed by atoms with Crippen molar-refractivity contribution in [1.29, 1.82) is 0 Å². The maximum atomic E-state index is 13.3. The van der Waals surface area contributed by atoms with E-state index in [0.717, 1.165) is 22.3 Å². The molecule has 4 amide bonds. The molecule has 0 saturated carbocycles. The van der Waals surface area contributed by atoms with Crippen molar-refractivity contribution in [2.45, 2.75) is 25.7 Å². The molecular formula is C46H50N4O4. The molecule has 0 aliphatic heterocycles. The summed E-state index contributed by atoms with van der Waals surface area (Å²) in [5.41, 5.74) is 3.76. The van der Waals surface area contributed by atoms with E-state index in [2.05, 4.69) is 10.6 Å². The lowest BCUT2D eigenvalue weighted by Crippen LogP contribution is -2.36. The van der Waals surface area contributed by atoms with Crippen molar-refractivity contribution in [2.24, 2.45) is 0 Å². The second kappa shape index (κ2) is 24.1. The van der Waals surface area contributed by atoms with Crippen LogP contribution in [-0.4, -0.2) is 72.7 Å². The molecular weight excluding hydrogens is 673 g/mol. The Morgan fingerprint density at radius 1 is 0.389 bits per heavy atom. The van der Waals surface area contributed by atoms with E-state index in [1.807, 2.05) is 121 Å². The summed E-state index contributed by atoms with van der Waals surface area (Å²) in [4.78, 5) is 55.0. The molecule has 0 spiro atoms. The zero-order valence-corrected chi connectivity index (χ0v) is 30.8. The second-order valence-corrected chi connectivity index (χ2v) is 12.6. The molecule has 0 unspecified atom stereocenters. The van der Waals surface area contributed by atoms with Gasteiger partial charge in [0.05, 0.1) is 0 Å². The Morgan fingerprint density at radius 2 is 0.667 bits per heavy atom. The highest BCUT2D eigenvalue weighted by Crippen LogP contribution is 2.08. The number of unbranched alkanes of at least 4 members (excludes halogenated alkanes) is 1. The number of hydrogen-bond donors (Lipinski definition) is 2. The molecule has 2 N–H and O–H groups in total. The second-order valence-electron chi connectivity index (χ2n) is 12.6. The van der Waals surface area contributed by atoms with Gasteiger partial charge in [-0.1, -0.05) is 121 Å². The van der Waals surface area contributed by atoms with Gasteiger partial charge >= 0.3 is 0 Å². The number of nitrogens with one attached hydrogen (secondary N) is 2. The van der Waals surface area contributed by atoms with E-state index >= 15 is 0 Å². The smallest absolute Gasteiger partial charge is 0.246 e. The van der Waals surface area contributed by atoms with Gasteiger partial charge in [-0.15, -0.1) is 0 Å². The number of amides is 4. The molecule has 8 heteroatoms. The molecule has 0 fully saturated rings. The monoisotopic (exact) mass is 722 g/mol. The Balaban J connectivity index is 1.30. The molecule has 4 aromatic carbocycles. The van der Waals surface area contributed by atoms with E-state index in [-0.39, 0.29) is 23.6 Å². The lowest BCUT2D eigenvalue weighted by Gasteiger charge is -2.24. The maximum Gasteiger partial charge on any atom is 0.246 e. The van der Waals surface area contributed by atoms with Crippen LogP contribution in [-0.2, 0) is 19.2 Å². The van der Waals surface area contributed by atoms with Crippen LogP contribution in [0.4, 0.5) is 0 Å². The Hall–Kier alpha value is -6.28. The van der Waals surface area contributed by atoms with Crippen molar-refractivity contribution in [1.82, 2.24) is 20.4 Å². The summed E-state index contributed by atoms with van der Waals surface area (Å²) in [5.74, 6) is -0.583. The zero-order chi connectivity index (χ0) is 38.1. The van der Waals surface area contributed by atoms with E-state index in [0.29, 0.717) is 65.0 Å². The van der Waals surface area contributed by atoms with Crippen LogP contribution in [0.25, 0.3) is 24.3 Å². The fraction of sp³-hybridized carbons (Fsp3) is 0.217. The predicted octanol–water partition coefficient (Wildman–Crippen LogP) is 7.29. The Labute approximate surface area is 319 Å². The molecule has 4 aromatic rings. The molecule has 0 saturated heterocycles. The third-order valence-corrected chi connectivity index (χ3v) is 8.43. The average Bonchev–Trinajstić information content (AvgIpc) is 3.22. The van der Waals surface area contributed by atoms with Crippen molar-refractivity contribution in [2.75, 3.05) is 39.3 Å². The number of carbonyl (C=O) groups is 4. The molecule has 4 rings (SSSR count). The highest BCUT2D eigenvalue weighted by molar-refractivity contribution is 5.93. The predicted molar refractivity (Wildman–Crippen MR) is 220 cm³/mol. The molecule has 0 aromatic heterocycles. The van der Waals surface area contributed by atoms with Gasteiger partial charge in [-0.3, -0.25) is 19.2 Å². The highest BCUT2D eigenvalue weighted by atomic mass is 16.2. The van der Waals surface area contributed by atoms with Crippen LogP contribution in [0.15, 0.2) is 146 Å². The molecule has 0 bridgehead atoms. The highest BCUT2D eigenvalue weighted by Gasteiger charge is 2.14. The van der Waals surface area contributed by atoms with Gasteiger partial charge in [-0.2, -0.15) is 0 Å². The summed E-state index contributed by atoms with van der Waals surface area (Å²) in [5, 5.41) is 5.81. The van der Waals surface area contributed by atoms with Gasteiger partial charge in [-0.25, -0.2) is 0 Å². The van der Waals surface area contributed by atoms with Gasteiger partial charge in [0.15, 0.2) is 0 Å².